The van der Waals surface area contributed by atoms with E-state index < -0.39 is 18.0 Å². The smallest absolute Gasteiger partial charge is 0.307 e. The van der Waals surface area contributed by atoms with Gasteiger partial charge in [0.25, 0.3) is 5.91 Å². The number of nitrogens with one attached hydrogen (secondary N) is 1. The molecule has 6 nitrogen and oxygen atoms in total. The van der Waals surface area contributed by atoms with E-state index in [0.29, 0.717) is 15.0 Å². The highest BCUT2D eigenvalue weighted by atomic mass is 35.5. The average molecular weight is 410 g/mol. The average Bonchev–Trinajstić information content (AvgIpc) is 3.10. The minimum absolute atomic E-state index is 0.00519. The van der Waals surface area contributed by atoms with Crippen molar-refractivity contribution in [2.24, 2.45) is 0 Å². The fourth-order valence-corrected chi connectivity index (χ4v) is 3.30. The molecule has 1 N–H and O–H groups in total. The third kappa shape index (κ3) is 6.37. The first-order valence-electron chi connectivity index (χ1n) is 8.28. The molecule has 144 valence electrons. The van der Waals surface area contributed by atoms with Crippen LogP contribution in [0.1, 0.15) is 35.0 Å². The minimum Gasteiger partial charge on any atom is -0.496 e. The lowest BCUT2D eigenvalue weighted by atomic mass is 10.2. The van der Waals surface area contributed by atoms with Crippen LogP contribution in [0.2, 0.25) is 4.34 Å². The highest BCUT2D eigenvalue weighted by Crippen LogP contribution is 2.23. The van der Waals surface area contributed by atoms with E-state index in [9.17, 15) is 14.4 Å². The molecular formula is C19H20ClNO5S. The zero-order chi connectivity index (χ0) is 19.8. The highest BCUT2D eigenvalue weighted by molar-refractivity contribution is 7.18. The van der Waals surface area contributed by atoms with Gasteiger partial charge in [0.2, 0.25) is 0 Å². The van der Waals surface area contributed by atoms with Crippen LogP contribution < -0.4 is 10.1 Å². The maximum absolute atomic E-state index is 12.1. The Labute approximate surface area is 166 Å². The molecule has 1 atom stereocenters. The number of ketones is 1. The number of para-hydroxylation sites is 1. The first-order chi connectivity index (χ1) is 12.9. The summed E-state index contributed by atoms with van der Waals surface area (Å²) in [5.74, 6) is -0.552. The summed E-state index contributed by atoms with van der Waals surface area (Å²) in [6.07, 6.45) is -1.05. The molecule has 2 aromatic rings. The molecule has 0 saturated heterocycles. The number of hydrogen-bond acceptors (Lipinski definition) is 6. The van der Waals surface area contributed by atoms with Gasteiger partial charge in [0.15, 0.2) is 11.9 Å². The maximum atomic E-state index is 12.1. The summed E-state index contributed by atoms with van der Waals surface area (Å²) < 4.78 is 10.8. The van der Waals surface area contributed by atoms with Gasteiger partial charge in [0, 0.05) is 18.5 Å². The first kappa shape index (κ1) is 20.9. The van der Waals surface area contributed by atoms with Crippen molar-refractivity contribution in [3.05, 3.63) is 51.2 Å². The van der Waals surface area contributed by atoms with E-state index in [4.69, 9.17) is 21.1 Å². The topological polar surface area (TPSA) is 81.7 Å². The number of thiophene rings is 1. The zero-order valence-electron chi connectivity index (χ0n) is 15.0. The molecule has 1 aromatic heterocycles. The zero-order valence-corrected chi connectivity index (χ0v) is 16.6. The molecule has 0 bridgehead atoms. The van der Waals surface area contributed by atoms with Crippen LogP contribution in [0.25, 0.3) is 0 Å². The van der Waals surface area contributed by atoms with Crippen LogP contribution in [-0.2, 0) is 20.9 Å². The van der Waals surface area contributed by atoms with Crippen LogP contribution in [0.15, 0.2) is 36.4 Å². The van der Waals surface area contributed by atoms with E-state index in [1.807, 2.05) is 18.2 Å². The normalized spacial score (nSPS) is 11.5. The van der Waals surface area contributed by atoms with E-state index in [1.165, 1.54) is 6.92 Å². The molecule has 1 unspecified atom stereocenters. The van der Waals surface area contributed by atoms with Crippen LogP contribution in [0.3, 0.4) is 0 Å². The monoisotopic (exact) mass is 409 g/mol. The molecule has 8 heteroatoms. The highest BCUT2D eigenvalue weighted by Gasteiger charge is 2.19. The number of carbonyl (C=O) groups excluding carboxylic acids is 3. The number of methoxy groups -OCH3 is 1. The Bertz CT molecular complexity index is 820. The van der Waals surface area contributed by atoms with Crippen LogP contribution in [0, 0.1) is 0 Å². The first-order valence-corrected chi connectivity index (χ1v) is 9.47. The van der Waals surface area contributed by atoms with Crippen molar-refractivity contribution in [1.82, 2.24) is 5.32 Å². The van der Waals surface area contributed by atoms with E-state index in [2.05, 4.69) is 5.32 Å². The Morgan fingerprint density at radius 1 is 1.15 bits per heavy atom. The van der Waals surface area contributed by atoms with Gasteiger partial charge < -0.3 is 14.8 Å². The number of esters is 1. The van der Waals surface area contributed by atoms with Crippen molar-refractivity contribution < 1.29 is 23.9 Å². The van der Waals surface area contributed by atoms with E-state index in [0.717, 1.165) is 16.9 Å². The van der Waals surface area contributed by atoms with Crippen molar-refractivity contribution in [2.45, 2.75) is 32.4 Å². The Hall–Kier alpha value is -2.38. The molecule has 27 heavy (non-hydrogen) atoms. The van der Waals surface area contributed by atoms with Crippen molar-refractivity contribution in [1.29, 1.82) is 0 Å². The van der Waals surface area contributed by atoms with Crippen LogP contribution in [0.4, 0.5) is 0 Å². The van der Waals surface area contributed by atoms with Crippen LogP contribution >= 0.6 is 22.9 Å². The van der Waals surface area contributed by atoms with Gasteiger partial charge >= 0.3 is 5.97 Å². The second-order valence-corrected chi connectivity index (χ2v) is 7.40. The molecule has 0 spiro atoms. The van der Waals surface area contributed by atoms with Gasteiger partial charge in [-0.05, 0) is 25.1 Å². The summed E-state index contributed by atoms with van der Waals surface area (Å²) in [4.78, 5) is 36.4. The summed E-state index contributed by atoms with van der Waals surface area (Å²) in [6.45, 7) is 1.73. The number of ether oxygens (including phenoxy) is 2. The van der Waals surface area contributed by atoms with Crippen molar-refractivity contribution in [2.75, 3.05) is 7.11 Å². The Morgan fingerprint density at radius 3 is 2.56 bits per heavy atom. The Morgan fingerprint density at radius 2 is 1.89 bits per heavy atom. The number of hydrogen-bond donors (Lipinski definition) is 1. The lowest BCUT2D eigenvalue weighted by Gasteiger charge is -2.14. The van der Waals surface area contributed by atoms with Gasteiger partial charge in [-0.3, -0.25) is 14.4 Å². The van der Waals surface area contributed by atoms with E-state index in [-0.39, 0.29) is 25.2 Å². The largest absolute Gasteiger partial charge is 0.496 e. The number of benzene rings is 1. The SMILES string of the molecule is COc1ccccc1CNC(=O)C(C)OC(=O)CCC(=O)c1ccc(Cl)s1. The third-order valence-corrected chi connectivity index (χ3v) is 5.00. The number of carbonyl (C=O) groups is 3. The summed E-state index contributed by atoms with van der Waals surface area (Å²) in [5.41, 5.74) is 0.812. The number of halogens is 1. The number of rotatable bonds is 9. The summed E-state index contributed by atoms with van der Waals surface area (Å²) in [6, 6.07) is 10.5. The van der Waals surface area contributed by atoms with Gasteiger partial charge in [0.1, 0.15) is 5.75 Å². The lowest BCUT2D eigenvalue weighted by Crippen LogP contribution is -2.35. The standard InChI is InChI=1S/C19H20ClNO5S/c1-12(19(24)21-11-13-5-3-4-6-15(13)25-2)26-18(23)10-7-14(22)16-8-9-17(20)27-16/h3-6,8-9,12H,7,10-11H2,1-2H3,(H,21,24). The van der Waals surface area contributed by atoms with Crippen molar-refractivity contribution >= 4 is 40.6 Å². The predicted molar refractivity (Wildman–Crippen MR) is 103 cm³/mol. The summed E-state index contributed by atoms with van der Waals surface area (Å²) >= 11 is 6.95. The molecule has 1 aromatic carbocycles. The molecule has 0 radical (unpaired) electrons. The predicted octanol–water partition coefficient (Wildman–Crippen LogP) is 3.62. The quantitative estimate of drug-likeness (QED) is 0.505. The lowest BCUT2D eigenvalue weighted by molar-refractivity contribution is -0.154. The molecule has 1 heterocycles. The summed E-state index contributed by atoms with van der Waals surface area (Å²) in [7, 11) is 1.55. The minimum atomic E-state index is -0.960. The van der Waals surface area contributed by atoms with Gasteiger partial charge in [-0.15, -0.1) is 11.3 Å². The van der Waals surface area contributed by atoms with Crippen molar-refractivity contribution in [3.63, 3.8) is 0 Å². The fraction of sp³-hybridized carbons (Fsp3) is 0.316. The van der Waals surface area contributed by atoms with Crippen LogP contribution in [-0.4, -0.2) is 30.9 Å². The number of amides is 1. The second kappa shape index (κ2) is 10.1. The van der Waals surface area contributed by atoms with Gasteiger partial charge in [-0.25, -0.2) is 0 Å². The fourth-order valence-electron chi connectivity index (χ4n) is 2.29. The molecule has 2 rings (SSSR count). The Balaban J connectivity index is 1.76. The van der Waals surface area contributed by atoms with E-state index >= 15 is 0 Å². The molecule has 0 saturated carbocycles. The van der Waals surface area contributed by atoms with Gasteiger partial charge in [-0.2, -0.15) is 0 Å². The molecule has 0 aliphatic rings. The van der Waals surface area contributed by atoms with Gasteiger partial charge in [0.05, 0.1) is 22.7 Å². The summed E-state index contributed by atoms with van der Waals surface area (Å²) in [5, 5.41) is 2.70. The van der Waals surface area contributed by atoms with Gasteiger partial charge in [-0.1, -0.05) is 29.8 Å². The number of Topliss-reactive ketones (excluding diaryl/α,β-unsaturated/α-hetero) is 1. The molecular weight excluding hydrogens is 390 g/mol. The van der Waals surface area contributed by atoms with Crippen LogP contribution in [0.5, 0.6) is 5.75 Å². The molecule has 1 amide bonds. The van der Waals surface area contributed by atoms with E-state index in [1.54, 1.807) is 25.3 Å². The third-order valence-electron chi connectivity index (χ3n) is 3.73. The Kier molecular flexibility index (Phi) is 7.82. The van der Waals surface area contributed by atoms with Crippen molar-refractivity contribution in [3.8, 4) is 5.75 Å². The second-order valence-electron chi connectivity index (χ2n) is 5.69. The molecule has 0 aliphatic carbocycles. The molecule has 0 fully saturated rings. The molecule has 0 aliphatic heterocycles. The maximum Gasteiger partial charge on any atom is 0.307 e.